The zero-order valence-corrected chi connectivity index (χ0v) is 15.6. The van der Waals surface area contributed by atoms with Crippen molar-refractivity contribution in [1.82, 2.24) is 4.98 Å². The molecule has 0 amide bonds. The van der Waals surface area contributed by atoms with Crippen LogP contribution >= 0.6 is 0 Å². The SMILES string of the molecule is CC.CCOC(=O)C(C(=O)OCC)c1ccc(Oc2ccccc2)nc1. The van der Waals surface area contributed by atoms with E-state index < -0.39 is 17.9 Å². The summed E-state index contributed by atoms with van der Waals surface area (Å²) < 4.78 is 15.5. The van der Waals surface area contributed by atoms with Crippen LogP contribution in [0.25, 0.3) is 0 Å². The third-order valence-electron chi connectivity index (χ3n) is 3.10. The van der Waals surface area contributed by atoms with Crippen molar-refractivity contribution in [2.45, 2.75) is 33.6 Å². The Bertz CT molecular complexity index is 652. The Kier molecular flexibility index (Phi) is 9.46. The fraction of sp³-hybridized carbons (Fsp3) is 0.350. The standard InChI is InChI=1S/C18H19NO5.C2H6/c1-3-22-17(20)16(18(21)23-4-2)13-10-11-15(19-12-13)24-14-8-6-5-7-9-14;1-2/h5-12,16H,3-4H2,1-2H3;1-2H3. The van der Waals surface area contributed by atoms with E-state index in [1.54, 1.807) is 38.1 Å². The summed E-state index contributed by atoms with van der Waals surface area (Å²) in [4.78, 5) is 28.2. The largest absolute Gasteiger partial charge is 0.465 e. The van der Waals surface area contributed by atoms with E-state index in [2.05, 4.69) is 4.98 Å². The van der Waals surface area contributed by atoms with Gasteiger partial charge in [-0.25, -0.2) is 4.98 Å². The number of rotatable bonds is 7. The molecule has 0 aliphatic carbocycles. The highest BCUT2D eigenvalue weighted by atomic mass is 16.6. The van der Waals surface area contributed by atoms with Gasteiger partial charge in [-0.05, 0) is 31.5 Å². The molecule has 0 N–H and O–H groups in total. The van der Waals surface area contributed by atoms with Crippen LogP contribution in [0.4, 0.5) is 0 Å². The Morgan fingerprint density at radius 1 is 0.923 bits per heavy atom. The van der Waals surface area contributed by atoms with Gasteiger partial charge < -0.3 is 14.2 Å². The molecule has 0 spiro atoms. The van der Waals surface area contributed by atoms with Crippen molar-refractivity contribution in [2.75, 3.05) is 13.2 Å². The van der Waals surface area contributed by atoms with Gasteiger partial charge in [0.1, 0.15) is 5.75 Å². The average Bonchev–Trinajstić information content (AvgIpc) is 2.66. The lowest BCUT2D eigenvalue weighted by Gasteiger charge is -2.14. The number of ether oxygens (including phenoxy) is 3. The van der Waals surface area contributed by atoms with E-state index in [0.29, 0.717) is 17.2 Å². The maximum absolute atomic E-state index is 12.1. The Morgan fingerprint density at radius 3 is 1.96 bits per heavy atom. The molecule has 0 saturated carbocycles. The van der Waals surface area contributed by atoms with Gasteiger partial charge >= 0.3 is 11.9 Å². The minimum Gasteiger partial charge on any atom is -0.465 e. The molecule has 0 aliphatic rings. The fourth-order valence-corrected chi connectivity index (χ4v) is 2.05. The lowest BCUT2D eigenvalue weighted by molar-refractivity contribution is -0.156. The molecule has 0 atom stereocenters. The molecule has 2 aromatic rings. The minimum absolute atomic E-state index is 0.178. The molecule has 6 heteroatoms. The molecular formula is C20H25NO5. The highest BCUT2D eigenvalue weighted by Crippen LogP contribution is 2.23. The number of nitrogens with zero attached hydrogens (tertiary/aromatic N) is 1. The summed E-state index contributed by atoms with van der Waals surface area (Å²) in [6.45, 7) is 7.71. The molecule has 1 aromatic carbocycles. The minimum atomic E-state index is -1.15. The first-order valence-corrected chi connectivity index (χ1v) is 8.67. The van der Waals surface area contributed by atoms with E-state index in [0.717, 1.165) is 0 Å². The molecule has 2 rings (SSSR count). The van der Waals surface area contributed by atoms with Gasteiger partial charge in [-0.15, -0.1) is 0 Å². The number of hydrogen-bond acceptors (Lipinski definition) is 6. The quantitative estimate of drug-likeness (QED) is 0.547. The average molecular weight is 359 g/mol. The van der Waals surface area contributed by atoms with Gasteiger partial charge in [0.2, 0.25) is 5.88 Å². The highest BCUT2D eigenvalue weighted by Gasteiger charge is 2.31. The number of pyridine rings is 1. The van der Waals surface area contributed by atoms with Gasteiger partial charge in [0, 0.05) is 12.3 Å². The second kappa shape index (κ2) is 11.6. The van der Waals surface area contributed by atoms with Crippen molar-refractivity contribution in [3.8, 4) is 11.6 Å². The van der Waals surface area contributed by atoms with Gasteiger partial charge in [-0.1, -0.05) is 38.1 Å². The Hall–Kier alpha value is -2.89. The van der Waals surface area contributed by atoms with E-state index in [9.17, 15) is 9.59 Å². The summed E-state index contributed by atoms with van der Waals surface area (Å²) >= 11 is 0. The summed E-state index contributed by atoms with van der Waals surface area (Å²) in [6.07, 6.45) is 1.41. The summed E-state index contributed by atoms with van der Waals surface area (Å²) in [5.74, 6) is -1.46. The van der Waals surface area contributed by atoms with Crippen molar-refractivity contribution in [2.24, 2.45) is 0 Å². The number of aromatic nitrogens is 1. The molecule has 0 bridgehead atoms. The Labute approximate surface area is 154 Å². The van der Waals surface area contributed by atoms with E-state index in [4.69, 9.17) is 14.2 Å². The van der Waals surface area contributed by atoms with E-state index in [1.165, 1.54) is 6.20 Å². The first-order chi connectivity index (χ1) is 12.7. The van der Waals surface area contributed by atoms with Crippen molar-refractivity contribution in [3.63, 3.8) is 0 Å². The molecule has 0 saturated heterocycles. The monoisotopic (exact) mass is 359 g/mol. The normalized spacial score (nSPS) is 9.73. The number of hydrogen-bond donors (Lipinski definition) is 0. The predicted molar refractivity (Wildman–Crippen MR) is 98.1 cm³/mol. The molecule has 140 valence electrons. The van der Waals surface area contributed by atoms with Crippen LogP contribution in [0.3, 0.4) is 0 Å². The lowest BCUT2D eigenvalue weighted by Crippen LogP contribution is -2.26. The molecule has 1 heterocycles. The summed E-state index contributed by atoms with van der Waals surface area (Å²) in [5, 5.41) is 0. The Balaban J connectivity index is 0.00000163. The maximum atomic E-state index is 12.1. The number of carbonyl (C=O) groups excluding carboxylic acids is 2. The third-order valence-corrected chi connectivity index (χ3v) is 3.10. The summed E-state index contributed by atoms with van der Waals surface area (Å²) in [5.41, 5.74) is 0.396. The maximum Gasteiger partial charge on any atom is 0.324 e. The zero-order valence-electron chi connectivity index (χ0n) is 15.6. The smallest absolute Gasteiger partial charge is 0.324 e. The summed E-state index contributed by atoms with van der Waals surface area (Å²) in [6, 6.07) is 12.4. The summed E-state index contributed by atoms with van der Waals surface area (Å²) in [7, 11) is 0. The van der Waals surface area contributed by atoms with Crippen LogP contribution in [0.1, 0.15) is 39.2 Å². The molecule has 1 aromatic heterocycles. The zero-order chi connectivity index (χ0) is 19.4. The Morgan fingerprint density at radius 2 is 1.50 bits per heavy atom. The van der Waals surface area contributed by atoms with Gasteiger partial charge in [-0.3, -0.25) is 9.59 Å². The van der Waals surface area contributed by atoms with E-state index in [1.807, 2.05) is 32.0 Å². The second-order valence-corrected chi connectivity index (χ2v) is 4.78. The van der Waals surface area contributed by atoms with Gasteiger partial charge in [0.15, 0.2) is 5.92 Å². The number of benzene rings is 1. The van der Waals surface area contributed by atoms with Crippen molar-refractivity contribution in [3.05, 3.63) is 54.2 Å². The molecule has 0 radical (unpaired) electrons. The number of carbonyl (C=O) groups is 2. The predicted octanol–water partition coefficient (Wildman–Crippen LogP) is 4.11. The van der Waals surface area contributed by atoms with Crippen LogP contribution in [-0.4, -0.2) is 30.1 Å². The highest BCUT2D eigenvalue weighted by molar-refractivity contribution is 6.00. The van der Waals surface area contributed by atoms with E-state index >= 15 is 0 Å². The fourth-order valence-electron chi connectivity index (χ4n) is 2.05. The second-order valence-electron chi connectivity index (χ2n) is 4.78. The third kappa shape index (κ3) is 6.20. The van der Waals surface area contributed by atoms with Crippen LogP contribution in [0.2, 0.25) is 0 Å². The number of para-hydroxylation sites is 1. The molecular weight excluding hydrogens is 334 g/mol. The van der Waals surface area contributed by atoms with Gasteiger partial charge in [0.05, 0.1) is 13.2 Å². The first kappa shape index (κ1) is 21.2. The van der Waals surface area contributed by atoms with Crippen LogP contribution in [-0.2, 0) is 19.1 Å². The first-order valence-electron chi connectivity index (χ1n) is 8.67. The van der Waals surface area contributed by atoms with E-state index in [-0.39, 0.29) is 13.2 Å². The van der Waals surface area contributed by atoms with Gasteiger partial charge in [-0.2, -0.15) is 0 Å². The molecule has 6 nitrogen and oxygen atoms in total. The van der Waals surface area contributed by atoms with Gasteiger partial charge in [0.25, 0.3) is 0 Å². The molecule has 0 unspecified atom stereocenters. The van der Waals surface area contributed by atoms with Crippen LogP contribution in [0.15, 0.2) is 48.7 Å². The van der Waals surface area contributed by atoms with Crippen molar-refractivity contribution >= 4 is 11.9 Å². The lowest BCUT2D eigenvalue weighted by atomic mass is 10.0. The molecule has 0 aliphatic heterocycles. The van der Waals surface area contributed by atoms with Crippen LogP contribution < -0.4 is 4.74 Å². The van der Waals surface area contributed by atoms with Crippen molar-refractivity contribution in [1.29, 1.82) is 0 Å². The molecule has 0 fully saturated rings. The molecule has 26 heavy (non-hydrogen) atoms. The van der Waals surface area contributed by atoms with Crippen LogP contribution in [0.5, 0.6) is 11.6 Å². The van der Waals surface area contributed by atoms with Crippen LogP contribution in [0, 0.1) is 0 Å². The van der Waals surface area contributed by atoms with Crippen molar-refractivity contribution < 1.29 is 23.8 Å². The number of esters is 2. The topological polar surface area (TPSA) is 74.7 Å².